The molecule has 1 aromatic carbocycles. The molecule has 1 aliphatic heterocycles. The maximum absolute atomic E-state index is 5.72. The number of aliphatic imine (C=N–C) groups is 1. The minimum Gasteiger partial charge on any atom is -0.468 e. The van der Waals surface area contributed by atoms with Gasteiger partial charge in [-0.25, -0.2) is 0 Å². The summed E-state index contributed by atoms with van der Waals surface area (Å²) in [6, 6.07) is 12.7. The lowest BCUT2D eigenvalue weighted by Gasteiger charge is -2.33. The van der Waals surface area contributed by atoms with Gasteiger partial charge in [0.15, 0.2) is 5.96 Å². The van der Waals surface area contributed by atoms with Gasteiger partial charge in [0.05, 0.1) is 18.9 Å². The van der Waals surface area contributed by atoms with Gasteiger partial charge in [-0.3, -0.25) is 9.89 Å². The molecule has 0 aliphatic carbocycles. The quantitative estimate of drug-likeness (QED) is 0.540. The number of furan rings is 1. The highest BCUT2D eigenvalue weighted by Gasteiger charge is 2.24. The molecule has 2 N–H and O–H groups in total. The van der Waals surface area contributed by atoms with Crippen LogP contribution in [0.25, 0.3) is 0 Å². The highest BCUT2D eigenvalue weighted by molar-refractivity contribution is 5.79. The number of ether oxygens (including phenoxy) is 1. The fourth-order valence-electron chi connectivity index (χ4n) is 3.64. The maximum atomic E-state index is 5.72. The Labute approximate surface area is 168 Å². The molecule has 1 aromatic heterocycles. The Morgan fingerprint density at radius 1 is 1.11 bits per heavy atom. The van der Waals surface area contributed by atoms with Gasteiger partial charge < -0.3 is 19.8 Å². The van der Waals surface area contributed by atoms with E-state index in [2.05, 4.69) is 50.9 Å². The van der Waals surface area contributed by atoms with Crippen LogP contribution < -0.4 is 10.6 Å². The Morgan fingerprint density at radius 2 is 1.86 bits per heavy atom. The molecule has 1 aliphatic rings. The van der Waals surface area contributed by atoms with Crippen molar-refractivity contribution in [3.63, 3.8) is 0 Å². The van der Waals surface area contributed by atoms with Crippen LogP contribution in [0.1, 0.15) is 42.2 Å². The molecule has 0 spiro atoms. The summed E-state index contributed by atoms with van der Waals surface area (Å²) in [5, 5.41) is 6.87. The molecule has 28 heavy (non-hydrogen) atoms. The van der Waals surface area contributed by atoms with E-state index in [0.29, 0.717) is 6.61 Å². The van der Waals surface area contributed by atoms with Crippen molar-refractivity contribution < 1.29 is 9.15 Å². The lowest BCUT2D eigenvalue weighted by atomic mass is 10.1. The second kappa shape index (κ2) is 10.9. The smallest absolute Gasteiger partial charge is 0.191 e. The average molecular weight is 385 g/mol. The van der Waals surface area contributed by atoms with Crippen molar-refractivity contribution in [1.29, 1.82) is 0 Å². The number of nitrogens with zero attached hydrogens (tertiary/aromatic N) is 2. The van der Waals surface area contributed by atoms with E-state index in [0.717, 1.165) is 37.9 Å². The van der Waals surface area contributed by atoms with Crippen LogP contribution in [0.5, 0.6) is 0 Å². The Hall–Kier alpha value is -2.31. The number of rotatable bonds is 8. The lowest BCUT2D eigenvalue weighted by Crippen LogP contribution is -2.44. The molecule has 0 radical (unpaired) electrons. The van der Waals surface area contributed by atoms with Gasteiger partial charge in [0.1, 0.15) is 5.76 Å². The molecule has 1 fully saturated rings. The summed E-state index contributed by atoms with van der Waals surface area (Å²) in [7, 11) is 3.52. The Morgan fingerprint density at radius 3 is 2.50 bits per heavy atom. The molecular weight excluding hydrogens is 352 g/mol. The van der Waals surface area contributed by atoms with Crippen molar-refractivity contribution in [3.05, 3.63) is 59.5 Å². The molecule has 152 valence electrons. The van der Waals surface area contributed by atoms with Crippen molar-refractivity contribution in [1.82, 2.24) is 15.5 Å². The van der Waals surface area contributed by atoms with Crippen LogP contribution in [0.3, 0.4) is 0 Å². The topological polar surface area (TPSA) is 62.0 Å². The summed E-state index contributed by atoms with van der Waals surface area (Å²) >= 11 is 0. The van der Waals surface area contributed by atoms with Crippen LogP contribution in [0.2, 0.25) is 0 Å². The number of piperidine rings is 1. The predicted molar refractivity (Wildman–Crippen MR) is 112 cm³/mol. The van der Waals surface area contributed by atoms with Gasteiger partial charge in [-0.2, -0.15) is 0 Å². The molecule has 0 saturated carbocycles. The molecule has 1 unspecified atom stereocenters. The van der Waals surface area contributed by atoms with Crippen LogP contribution >= 0.6 is 0 Å². The van der Waals surface area contributed by atoms with Crippen molar-refractivity contribution in [3.8, 4) is 0 Å². The molecule has 1 atom stereocenters. The average Bonchev–Trinajstić information content (AvgIpc) is 3.27. The zero-order chi connectivity index (χ0) is 19.6. The third-order valence-electron chi connectivity index (χ3n) is 5.18. The van der Waals surface area contributed by atoms with Crippen molar-refractivity contribution in [2.75, 3.05) is 33.8 Å². The molecule has 2 heterocycles. The molecule has 3 rings (SSSR count). The SMILES string of the molecule is CN=C(NCc1ccc(COC)cc1)NCC(c1ccco1)N1CCCCC1. The van der Waals surface area contributed by atoms with Crippen molar-refractivity contribution in [2.24, 2.45) is 4.99 Å². The summed E-state index contributed by atoms with van der Waals surface area (Å²) in [6.07, 6.45) is 5.58. The first-order valence-corrected chi connectivity index (χ1v) is 10.1. The molecule has 2 aromatic rings. The van der Waals surface area contributed by atoms with Gasteiger partial charge >= 0.3 is 0 Å². The van der Waals surface area contributed by atoms with Gasteiger partial charge in [-0.1, -0.05) is 30.7 Å². The largest absolute Gasteiger partial charge is 0.468 e. The molecule has 0 amide bonds. The zero-order valence-corrected chi connectivity index (χ0v) is 17.0. The van der Waals surface area contributed by atoms with E-state index in [4.69, 9.17) is 9.15 Å². The second-order valence-corrected chi connectivity index (χ2v) is 7.18. The number of hydrogen-bond donors (Lipinski definition) is 2. The van der Waals surface area contributed by atoms with Gasteiger partial charge in [-0.15, -0.1) is 0 Å². The summed E-state index contributed by atoms with van der Waals surface area (Å²) in [6.45, 7) is 4.36. The highest BCUT2D eigenvalue weighted by atomic mass is 16.5. The predicted octanol–water partition coefficient (Wildman–Crippen LogP) is 3.32. The number of likely N-dealkylation sites (tertiary alicyclic amines) is 1. The van der Waals surface area contributed by atoms with Gasteiger partial charge in [0.2, 0.25) is 0 Å². The number of methoxy groups -OCH3 is 1. The number of guanidine groups is 1. The summed E-state index contributed by atoms with van der Waals surface area (Å²) in [5.41, 5.74) is 2.39. The summed E-state index contributed by atoms with van der Waals surface area (Å²) in [5.74, 6) is 1.81. The van der Waals surface area contributed by atoms with Crippen LogP contribution in [-0.4, -0.2) is 44.7 Å². The van der Waals surface area contributed by atoms with E-state index < -0.39 is 0 Å². The third-order valence-corrected chi connectivity index (χ3v) is 5.18. The van der Waals surface area contributed by atoms with E-state index >= 15 is 0 Å². The van der Waals surface area contributed by atoms with E-state index in [1.807, 2.05) is 6.07 Å². The molecule has 6 nitrogen and oxygen atoms in total. The first kappa shape index (κ1) is 20.4. The fraction of sp³-hybridized carbons (Fsp3) is 0.500. The minimum absolute atomic E-state index is 0.224. The van der Waals surface area contributed by atoms with E-state index in [-0.39, 0.29) is 6.04 Å². The lowest BCUT2D eigenvalue weighted by molar-refractivity contribution is 0.146. The van der Waals surface area contributed by atoms with E-state index in [9.17, 15) is 0 Å². The standard InChI is InChI=1S/C22H32N4O2/c1-23-22(24-15-18-8-10-19(11-9-18)17-27-2)25-16-20(21-7-6-14-28-21)26-12-4-3-5-13-26/h6-11,14,20H,3-5,12-13,15-17H2,1-2H3,(H2,23,24,25). The Kier molecular flexibility index (Phi) is 7.94. The molecular formula is C22H32N4O2. The first-order chi connectivity index (χ1) is 13.8. The second-order valence-electron chi connectivity index (χ2n) is 7.18. The zero-order valence-electron chi connectivity index (χ0n) is 17.0. The monoisotopic (exact) mass is 384 g/mol. The number of nitrogens with one attached hydrogen (secondary N) is 2. The van der Waals surface area contributed by atoms with Crippen molar-refractivity contribution >= 4 is 5.96 Å². The molecule has 1 saturated heterocycles. The first-order valence-electron chi connectivity index (χ1n) is 10.1. The normalized spacial score (nSPS) is 16.7. The van der Waals surface area contributed by atoms with Crippen LogP contribution in [0, 0.1) is 0 Å². The Bertz CT molecular complexity index is 707. The third kappa shape index (κ3) is 5.84. The van der Waals surface area contributed by atoms with Gasteiger partial charge in [0.25, 0.3) is 0 Å². The highest BCUT2D eigenvalue weighted by Crippen LogP contribution is 2.24. The van der Waals surface area contributed by atoms with Crippen LogP contribution in [0.15, 0.2) is 52.1 Å². The number of benzene rings is 1. The minimum atomic E-state index is 0.224. The fourth-order valence-corrected chi connectivity index (χ4v) is 3.64. The molecule has 6 heteroatoms. The van der Waals surface area contributed by atoms with Crippen LogP contribution in [0.4, 0.5) is 0 Å². The maximum Gasteiger partial charge on any atom is 0.191 e. The van der Waals surface area contributed by atoms with E-state index in [1.165, 1.54) is 30.4 Å². The summed E-state index contributed by atoms with van der Waals surface area (Å²) in [4.78, 5) is 6.88. The molecule has 0 bridgehead atoms. The van der Waals surface area contributed by atoms with Gasteiger partial charge in [-0.05, 0) is 49.2 Å². The van der Waals surface area contributed by atoms with Crippen molar-refractivity contribution in [2.45, 2.75) is 38.5 Å². The van der Waals surface area contributed by atoms with Crippen LogP contribution in [-0.2, 0) is 17.9 Å². The van der Waals surface area contributed by atoms with E-state index in [1.54, 1.807) is 20.4 Å². The Balaban J connectivity index is 1.54. The van der Waals surface area contributed by atoms with Gasteiger partial charge in [0, 0.05) is 27.2 Å². The number of hydrogen-bond acceptors (Lipinski definition) is 4. The summed E-state index contributed by atoms with van der Waals surface area (Å²) < 4.78 is 10.9.